The van der Waals surface area contributed by atoms with E-state index in [9.17, 15) is 13.2 Å². The van der Waals surface area contributed by atoms with Gasteiger partial charge in [-0.25, -0.2) is 12.7 Å². The van der Waals surface area contributed by atoms with Gasteiger partial charge in [0.2, 0.25) is 5.09 Å². The van der Waals surface area contributed by atoms with Crippen molar-refractivity contribution in [2.45, 2.75) is 18.1 Å². The van der Waals surface area contributed by atoms with Crippen LogP contribution in [0.25, 0.3) is 10.8 Å². The molecule has 0 radical (unpaired) electrons. The highest BCUT2D eigenvalue weighted by molar-refractivity contribution is 7.88. The van der Waals surface area contributed by atoms with Crippen molar-refractivity contribution in [2.75, 3.05) is 14.1 Å². The van der Waals surface area contributed by atoms with Crippen molar-refractivity contribution in [3.8, 4) is 0 Å². The van der Waals surface area contributed by atoms with Crippen molar-refractivity contribution < 1.29 is 22.4 Å². The zero-order valence-corrected chi connectivity index (χ0v) is 15.3. The molecule has 0 aliphatic carbocycles. The molecule has 26 heavy (non-hydrogen) atoms. The molecule has 0 N–H and O–H groups in total. The number of esters is 1. The van der Waals surface area contributed by atoms with Gasteiger partial charge in [-0.05, 0) is 28.5 Å². The number of carbonyl (C=O) groups excluding carboxylic acids is 1. The maximum Gasteiger partial charge on any atom is 0.310 e. The largest absolute Gasteiger partial charge is 0.457 e. The highest BCUT2D eigenvalue weighted by atomic mass is 32.2. The van der Waals surface area contributed by atoms with E-state index in [1.807, 2.05) is 42.5 Å². The molecule has 0 aliphatic rings. The van der Waals surface area contributed by atoms with Crippen LogP contribution in [-0.2, 0) is 32.6 Å². The molecule has 0 unspecified atom stereocenters. The van der Waals surface area contributed by atoms with Crippen molar-refractivity contribution in [3.63, 3.8) is 0 Å². The molecule has 0 amide bonds. The Balaban J connectivity index is 1.65. The zero-order valence-electron chi connectivity index (χ0n) is 14.5. The van der Waals surface area contributed by atoms with Crippen LogP contribution in [0.5, 0.6) is 0 Å². The van der Waals surface area contributed by atoms with Crippen LogP contribution in [-0.4, -0.2) is 32.8 Å². The molecule has 136 valence electrons. The number of rotatable bonds is 6. The molecule has 0 aliphatic heterocycles. The Labute approximate surface area is 152 Å². The quantitative estimate of drug-likeness (QED) is 0.621. The molecule has 0 fully saturated rings. The second-order valence-corrected chi connectivity index (χ2v) is 8.07. The summed E-state index contributed by atoms with van der Waals surface area (Å²) in [5, 5.41) is 1.88. The minimum absolute atomic E-state index is 0.119. The summed E-state index contributed by atoms with van der Waals surface area (Å²) < 4.78 is 35.5. The average Bonchev–Trinajstić information content (AvgIpc) is 3.10. The molecular weight excluding hydrogens is 354 g/mol. The number of hydrogen-bond donors (Lipinski definition) is 0. The molecule has 7 heteroatoms. The Morgan fingerprint density at radius 3 is 2.54 bits per heavy atom. The fourth-order valence-electron chi connectivity index (χ4n) is 2.56. The standard InChI is InChI=1S/C19H19NO5S/c1-20(2)26(22,23)19-11-10-16(25-19)13-24-18(21)12-15-8-5-7-14-6-3-4-9-17(14)15/h3-11H,12-13H2,1-2H3. The van der Waals surface area contributed by atoms with Crippen molar-refractivity contribution in [2.24, 2.45) is 0 Å². The van der Waals surface area contributed by atoms with E-state index in [-0.39, 0.29) is 23.9 Å². The molecule has 2 aromatic carbocycles. The third-order valence-electron chi connectivity index (χ3n) is 3.96. The molecule has 1 heterocycles. The first-order valence-electron chi connectivity index (χ1n) is 8.01. The minimum Gasteiger partial charge on any atom is -0.457 e. The zero-order chi connectivity index (χ0) is 18.7. The fraction of sp³-hybridized carbons (Fsp3) is 0.211. The summed E-state index contributed by atoms with van der Waals surface area (Å²) in [5.41, 5.74) is 0.878. The van der Waals surface area contributed by atoms with E-state index in [4.69, 9.17) is 9.15 Å². The Hall–Kier alpha value is -2.64. The van der Waals surface area contributed by atoms with E-state index >= 15 is 0 Å². The Morgan fingerprint density at radius 2 is 1.77 bits per heavy atom. The summed E-state index contributed by atoms with van der Waals surface area (Å²) >= 11 is 0. The average molecular weight is 373 g/mol. The second-order valence-electron chi connectivity index (χ2n) is 5.98. The van der Waals surface area contributed by atoms with Crippen LogP contribution in [0.3, 0.4) is 0 Å². The third kappa shape index (κ3) is 3.79. The SMILES string of the molecule is CN(C)S(=O)(=O)c1ccc(COC(=O)Cc2cccc3ccccc23)o1. The Kier molecular flexibility index (Phi) is 5.11. The molecule has 3 aromatic rings. The van der Waals surface area contributed by atoms with E-state index in [1.165, 1.54) is 26.2 Å². The number of benzene rings is 2. The van der Waals surface area contributed by atoms with Gasteiger partial charge in [0.1, 0.15) is 12.4 Å². The van der Waals surface area contributed by atoms with E-state index < -0.39 is 16.0 Å². The molecule has 0 saturated carbocycles. The van der Waals surface area contributed by atoms with Crippen LogP contribution in [0.15, 0.2) is 64.1 Å². The number of fused-ring (bicyclic) bond motifs is 1. The molecule has 0 bridgehead atoms. The Bertz CT molecular complexity index is 1030. The van der Waals surface area contributed by atoms with Crippen molar-refractivity contribution in [1.29, 1.82) is 0 Å². The van der Waals surface area contributed by atoms with Crippen LogP contribution in [0.1, 0.15) is 11.3 Å². The molecule has 0 spiro atoms. The smallest absolute Gasteiger partial charge is 0.310 e. The lowest BCUT2D eigenvalue weighted by Crippen LogP contribution is -2.21. The number of furan rings is 1. The topological polar surface area (TPSA) is 76.8 Å². The lowest BCUT2D eigenvalue weighted by atomic mass is 10.0. The number of ether oxygens (including phenoxy) is 1. The van der Waals surface area contributed by atoms with Gasteiger partial charge in [0.15, 0.2) is 0 Å². The number of sulfonamides is 1. The molecule has 0 saturated heterocycles. The normalized spacial score (nSPS) is 11.8. The van der Waals surface area contributed by atoms with E-state index in [1.54, 1.807) is 0 Å². The highest BCUT2D eigenvalue weighted by Crippen LogP contribution is 2.20. The summed E-state index contributed by atoms with van der Waals surface area (Å²) in [6.45, 7) is -0.119. The summed E-state index contributed by atoms with van der Waals surface area (Å²) in [4.78, 5) is 12.2. The van der Waals surface area contributed by atoms with E-state index in [0.29, 0.717) is 0 Å². The summed E-state index contributed by atoms with van der Waals surface area (Å²) in [6, 6.07) is 16.4. The Morgan fingerprint density at radius 1 is 1.04 bits per heavy atom. The lowest BCUT2D eigenvalue weighted by molar-refractivity contribution is -0.144. The maximum atomic E-state index is 12.2. The monoisotopic (exact) mass is 373 g/mol. The van der Waals surface area contributed by atoms with Crippen LogP contribution in [0.4, 0.5) is 0 Å². The van der Waals surface area contributed by atoms with Gasteiger partial charge in [-0.1, -0.05) is 42.5 Å². The van der Waals surface area contributed by atoms with Crippen LogP contribution in [0, 0.1) is 0 Å². The van der Waals surface area contributed by atoms with Gasteiger partial charge in [-0.15, -0.1) is 0 Å². The van der Waals surface area contributed by atoms with Crippen LogP contribution in [0.2, 0.25) is 0 Å². The molecule has 6 nitrogen and oxygen atoms in total. The maximum absolute atomic E-state index is 12.2. The summed E-state index contributed by atoms with van der Waals surface area (Å²) in [7, 11) is -0.805. The minimum atomic E-state index is -3.64. The molecule has 1 aromatic heterocycles. The predicted molar refractivity (Wildman–Crippen MR) is 97.0 cm³/mol. The van der Waals surface area contributed by atoms with E-state index in [0.717, 1.165) is 20.6 Å². The number of nitrogens with zero attached hydrogens (tertiary/aromatic N) is 1. The van der Waals surface area contributed by atoms with Crippen molar-refractivity contribution >= 4 is 26.8 Å². The van der Waals surface area contributed by atoms with Gasteiger partial charge >= 0.3 is 5.97 Å². The predicted octanol–water partition coefficient (Wildman–Crippen LogP) is 2.97. The van der Waals surface area contributed by atoms with Gasteiger partial charge in [0.05, 0.1) is 6.42 Å². The fourth-order valence-corrected chi connectivity index (χ4v) is 3.37. The molecule has 0 atom stereocenters. The van der Waals surface area contributed by atoms with Gasteiger partial charge in [0.25, 0.3) is 10.0 Å². The third-order valence-corrected chi connectivity index (χ3v) is 5.65. The van der Waals surface area contributed by atoms with Gasteiger partial charge in [-0.2, -0.15) is 0 Å². The first-order valence-corrected chi connectivity index (χ1v) is 9.45. The van der Waals surface area contributed by atoms with E-state index in [2.05, 4.69) is 0 Å². The molecule has 3 rings (SSSR count). The highest BCUT2D eigenvalue weighted by Gasteiger charge is 2.21. The number of hydrogen-bond acceptors (Lipinski definition) is 5. The van der Waals surface area contributed by atoms with Crippen molar-refractivity contribution in [3.05, 3.63) is 65.9 Å². The van der Waals surface area contributed by atoms with Crippen molar-refractivity contribution in [1.82, 2.24) is 4.31 Å². The lowest BCUT2D eigenvalue weighted by Gasteiger charge is -2.08. The number of carbonyl (C=O) groups is 1. The van der Waals surface area contributed by atoms with Gasteiger partial charge in [-0.3, -0.25) is 4.79 Å². The van der Waals surface area contributed by atoms with Crippen LogP contribution >= 0.6 is 0 Å². The first kappa shape index (κ1) is 18.2. The van der Waals surface area contributed by atoms with Gasteiger partial charge < -0.3 is 9.15 Å². The first-order chi connectivity index (χ1) is 12.4. The van der Waals surface area contributed by atoms with Gasteiger partial charge in [0, 0.05) is 14.1 Å². The second kappa shape index (κ2) is 7.31. The summed E-state index contributed by atoms with van der Waals surface area (Å²) in [5.74, 6) is -0.133. The van der Waals surface area contributed by atoms with Crippen LogP contribution < -0.4 is 0 Å². The molecular formula is C19H19NO5S. The summed E-state index contributed by atoms with van der Waals surface area (Å²) in [6.07, 6.45) is 0.130.